The van der Waals surface area contributed by atoms with Gasteiger partial charge < -0.3 is 10.2 Å². The summed E-state index contributed by atoms with van der Waals surface area (Å²) in [5.74, 6) is 3.41. The van der Waals surface area contributed by atoms with Gasteiger partial charge in [-0.2, -0.15) is 11.8 Å². The first-order valence-corrected chi connectivity index (χ1v) is 7.50. The molecule has 90 valence electrons. The average molecular weight is 267 g/mol. The SMILES string of the molecule is CC(N)c1nnc(-c2cc3c(s2)CCSC3)o1. The van der Waals surface area contributed by atoms with Gasteiger partial charge in [-0.05, 0) is 30.7 Å². The summed E-state index contributed by atoms with van der Waals surface area (Å²) in [4.78, 5) is 2.52. The third-order valence-electron chi connectivity index (χ3n) is 2.67. The monoisotopic (exact) mass is 267 g/mol. The quantitative estimate of drug-likeness (QED) is 0.906. The van der Waals surface area contributed by atoms with Crippen molar-refractivity contribution in [1.82, 2.24) is 10.2 Å². The molecule has 3 heterocycles. The molecule has 0 saturated heterocycles. The normalized spacial score (nSPS) is 16.8. The van der Waals surface area contributed by atoms with Crippen LogP contribution >= 0.6 is 23.1 Å². The number of nitrogens with zero attached hydrogens (tertiary/aromatic N) is 2. The molecule has 17 heavy (non-hydrogen) atoms. The first-order valence-electron chi connectivity index (χ1n) is 5.52. The van der Waals surface area contributed by atoms with Crippen LogP contribution in [0.3, 0.4) is 0 Å². The molecule has 2 N–H and O–H groups in total. The topological polar surface area (TPSA) is 64.9 Å². The zero-order valence-corrected chi connectivity index (χ0v) is 11.1. The van der Waals surface area contributed by atoms with Gasteiger partial charge in [-0.15, -0.1) is 21.5 Å². The summed E-state index contributed by atoms with van der Waals surface area (Å²) in [7, 11) is 0. The van der Waals surface area contributed by atoms with Crippen molar-refractivity contribution in [2.45, 2.75) is 25.1 Å². The summed E-state index contributed by atoms with van der Waals surface area (Å²) in [6, 6.07) is 1.96. The van der Waals surface area contributed by atoms with Crippen molar-refractivity contribution in [3.8, 4) is 10.8 Å². The van der Waals surface area contributed by atoms with Crippen LogP contribution in [-0.2, 0) is 12.2 Å². The van der Waals surface area contributed by atoms with Crippen LogP contribution < -0.4 is 5.73 Å². The first kappa shape index (κ1) is 11.3. The summed E-state index contributed by atoms with van der Waals surface area (Å²) < 4.78 is 5.57. The summed E-state index contributed by atoms with van der Waals surface area (Å²) in [6.07, 6.45) is 1.15. The van der Waals surface area contributed by atoms with E-state index in [1.165, 1.54) is 16.2 Å². The highest BCUT2D eigenvalue weighted by atomic mass is 32.2. The lowest BCUT2D eigenvalue weighted by molar-refractivity contribution is 0.474. The second-order valence-electron chi connectivity index (χ2n) is 4.10. The van der Waals surface area contributed by atoms with Gasteiger partial charge in [-0.1, -0.05) is 0 Å². The molecule has 4 nitrogen and oxygen atoms in total. The Bertz CT molecular complexity index is 509. The van der Waals surface area contributed by atoms with E-state index in [0.717, 1.165) is 17.1 Å². The fourth-order valence-corrected chi connectivity index (χ4v) is 4.06. The number of rotatable bonds is 2. The van der Waals surface area contributed by atoms with Crippen LogP contribution in [0.25, 0.3) is 10.8 Å². The molecule has 0 saturated carbocycles. The summed E-state index contributed by atoms with van der Waals surface area (Å²) >= 11 is 3.74. The smallest absolute Gasteiger partial charge is 0.257 e. The van der Waals surface area contributed by atoms with E-state index in [-0.39, 0.29) is 6.04 Å². The highest BCUT2D eigenvalue weighted by Gasteiger charge is 2.18. The number of aromatic nitrogens is 2. The molecule has 0 bridgehead atoms. The van der Waals surface area contributed by atoms with Crippen LogP contribution in [-0.4, -0.2) is 16.0 Å². The van der Waals surface area contributed by atoms with Crippen molar-refractivity contribution >= 4 is 23.1 Å². The highest BCUT2D eigenvalue weighted by molar-refractivity contribution is 7.98. The minimum absolute atomic E-state index is 0.207. The zero-order valence-electron chi connectivity index (χ0n) is 9.47. The van der Waals surface area contributed by atoms with Gasteiger partial charge in [0.2, 0.25) is 5.89 Å². The molecule has 0 fully saturated rings. The number of aryl methyl sites for hydroxylation is 1. The molecule has 6 heteroatoms. The Balaban J connectivity index is 1.94. The predicted octanol–water partition coefficient (Wildman–Crippen LogP) is 2.61. The van der Waals surface area contributed by atoms with Crippen LogP contribution in [0, 0.1) is 0 Å². The molecule has 1 unspecified atom stereocenters. The van der Waals surface area contributed by atoms with Crippen LogP contribution in [0.5, 0.6) is 0 Å². The fourth-order valence-electron chi connectivity index (χ4n) is 1.77. The van der Waals surface area contributed by atoms with Crippen LogP contribution in [0.2, 0.25) is 0 Å². The second kappa shape index (κ2) is 4.44. The largest absolute Gasteiger partial charge is 0.418 e. The molecule has 1 aliphatic rings. The third kappa shape index (κ3) is 2.12. The summed E-state index contributed by atoms with van der Waals surface area (Å²) in [6.45, 7) is 1.84. The van der Waals surface area contributed by atoms with Crippen molar-refractivity contribution in [1.29, 1.82) is 0 Å². The van der Waals surface area contributed by atoms with Gasteiger partial charge in [0, 0.05) is 10.6 Å². The Kier molecular flexibility index (Phi) is 2.94. The molecule has 0 aromatic carbocycles. The van der Waals surface area contributed by atoms with Gasteiger partial charge in [0.1, 0.15) is 0 Å². The van der Waals surface area contributed by atoms with Crippen molar-refractivity contribution in [3.63, 3.8) is 0 Å². The lowest BCUT2D eigenvalue weighted by Gasteiger charge is -2.08. The van der Waals surface area contributed by atoms with Gasteiger partial charge in [0.05, 0.1) is 10.9 Å². The minimum Gasteiger partial charge on any atom is -0.418 e. The van der Waals surface area contributed by atoms with Crippen molar-refractivity contribution in [2.24, 2.45) is 5.73 Å². The second-order valence-corrected chi connectivity index (χ2v) is 6.34. The Morgan fingerprint density at radius 3 is 3.06 bits per heavy atom. The van der Waals surface area contributed by atoms with E-state index in [2.05, 4.69) is 16.3 Å². The number of nitrogens with two attached hydrogens (primary N) is 1. The molecule has 1 aliphatic heterocycles. The lowest BCUT2D eigenvalue weighted by atomic mass is 10.2. The number of thiophene rings is 1. The van der Waals surface area contributed by atoms with Crippen molar-refractivity contribution in [2.75, 3.05) is 5.75 Å². The van der Waals surface area contributed by atoms with Gasteiger partial charge in [-0.3, -0.25) is 0 Å². The van der Waals surface area contributed by atoms with Crippen LogP contribution in [0.4, 0.5) is 0 Å². The molecule has 1 atom stereocenters. The van der Waals surface area contributed by atoms with E-state index in [4.69, 9.17) is 10.2 Å². The molecule has 0 radical (unpaired) electrons. The van der Waals surface area contributed by atoms with E-state index < -0.39 is 0 Å². The van der Waals surface area contributed by atoms with E-state index >= 15 is 0 Å². The predicted molar refractivity (Wildman–Crippen MR) is 70.1 cm³/mol. The van der Waals surface area contributed by atoms with Gasteiger partial charge in [0.15, 0.2) is 0 Å². The lowest BCUT2D eigenvalue weighted by Crippen LogP contribution is -2.04. The maximum absolute atomic E-state index is 5.71. The average Bonchev–Trinajstić information content (AvgIpc) is 2.95. The molecular formula is C11H13N3OS2. The number of hydrogen-bond donors (Lipinski definition) is 1. The fraction of sp³-hybridized carbons (Fsp3) is 0.455. The summed E-state index contributed by atoms with van der Waals surface area (Å²) in [5, 5.41) is 8.02. The Morgan fingerprint density at radius 2 is 2.35 bits per heavy atom. The molecule has 2 aromatic rings. The Morgan fingerprint density at radius 1 is 1.47 bits per heavy atom. The minimum atomic E-state index is -0.207. The van der Waals surface area contributed by atoms with Crippen molar-refractivity contribution in [3.05, 3.63) is 22.4 Å². The van der Waals surface area contributed by atoms with E-state index in [1.807, 2.05) is 18.7 Å². The molecule has 3 rings (SSSR count). The molecule has 0 aliphatic carbocycles. The molecule has 0 amide bonds. The van der Waals surface area contributed by atoms with E-state index in [1.54, 1.807) is 11.3 Å². The van der Waals surface area contributed by atoms with Gasteiger partial charge in [0.25, 0.3) is 5.89 Å². The maximum atomic E-state index is 5.71. The molecule has 2 aromatic heterocycles. The maximum Gasteiger partial charge on any atom is 0.257 e. The zero-order chi connectivity index (χ0) is 11.8. The number of thioether (sulfide) groups is 1. The van der Waals surface area contributed by atoms with Crippen LogP contribution in [0.15, 0.2) is 10.5 Å². The summed E-state index contributed by atoms with van der Waals surface area (Å²) in [5.41, 5.74) is 7.12. The standard InChI is InChI=1S/C11H13N3OS2/c1-6(12)10-13-14-11(15-10)9-4-7-5-16-3-2-8(7)17-9/h4,6H,2-3,5,12H2,1H3. The number of fused-ring (bicyclic) bond motifs is 1. The Labute approximate surface area is 108 Å². The van der Waals surface area contributed by atoms with E-state index in [9.17, 15) is 0 Å². The van der Waals surface area contributed by atoms with Crippen molar-refractivity contribution < 1.29 is 4.42 Å². The number of hydrogen-bond acceptors (Lipinski definition) is 6. The van der Waals surface area contributed by atoms with Crippen LogP contribution in [0.1, 0.15) is 29.3 Å². The van der Waals surface area contributed by atoms with Gasteiger partial charge in [-0.25, -0.2) is 0 Å². The Hall–Kier alpha value is -0.850. The molecule has 0 spiro atoms. The first-order chi connectivity index (χ1) is 8.24. The highest BCUT2D eigenvalue weighted by Crippen LogP contribution is 2.36. The molecular weight excluding hydrogens is 254 g/mol. The van der Waals surface area contributed by atoms with Gasteiger partial charge >= 0.3 is 0 Å². The van der Waals surface area contributed by atoms with E-state index in [0.29, 0.717) is 11.8 Å². The third-order valence-corrected chi connectivity index (χ3v) is 4.90.